The second-order valence-corrected chi connectivity index (χ2v) is 11.1. The fourth-order valence-electron chi connectivity index (χ4n) is 4.05. The maximum atomic E-state index is 12.3. The number of hydrogen-bond donors (Lipinski definition) is 2. The number of rotatable bonds is 3. The van der Waals surface area contributed by atoms with Crippen molar-refractivity contribution in [2.75, 3.05) is 37.2 Å². The number of nitrogens with zero attached hydrogens (tertiary/aromatic N) is 2. The molecule has 4 rings (SSSR count). The minimum absolute atomic E-state index is 0.605. The topological polar surface area (TPSA) is 58.2 Å². The van der Waals surface area contributed by atoms with Crippen LogP contribution in [0.25, 0.3) is 0 Å². The van der Waals surface area contributed by atoms with Gasteiger partial charge in [0, 0.05) is 50.0 Å². The first-order valence-electron chi connectivity index (χ1n) is 9.47. The Kier molecular flexibility index (Phi) is 4.65. The number of pyridine rings is 1. The normalized spacial score (nSPS) is 19.4. The standard InChI is InChI=1S/C20H29N3O2S/c1-14-10-20(26(2,3)24)21-12-19(14)23-7-4-17-16(13-23)11-18(22-17)15-5-8-25-9-6-15/h10-12,15,22,26H,4-9,13H2,1-3H3. The van der Waals surface area contributed by atoms with Crippen molar-refractivity contribution < 1.29 is 8.95 Å². The highest BCUT2D eigenvalue weighted by Crippen LogP contribution is 2.32. The number of fused-ring (bicyclic) bond motifs is 1. The fraction of sp³-hybridized carbons (Fsp3) is 0.550. The van der Waals surface area contributed by atoms with Crippen molar-refractivity contribution in [2.45, 2.75) is 43.7 Å². The number of anilines is 1. The van der Waals surface area contributed by atoms with Crippen molar-refractivity contribution in [3.05, 3.63) is 40.8 Å². The van der Waals surface area contributed by atoms with Gasteiger partial charge in [0.1, 0.15) is 5.03 Å². The monoisotopic (exact) mass is 375 g/mol. The molecule has 1 fully saturated rings. The van der Waals surface area contributed by atoms with E-state index in [1.54, 1.807) is 12.5 Å². The van der Waals surface area contributed by atoms with Crippen LogP contribution in [0, 0.1) is 6.92 Å². The molecule has 142 valence electrons. The third-order valence-electron chi connectivity index (χ3n) is 5.63. The van der Waals surface area contributed by atoms with E-state index < -0.39 is 9.93 Å². The molecule has 0 amide bonds. The van der Waals surface area contributed by atoms with Crippen LogP contribution in [-0.2, 0) is 27.6 Å². The first kappa shape index (κ1) is 17.7. The number of hydrogen-bond acceptors (Lipinski definition) is 4. The summed E-state index contributed by atoms with van der Waals surface area (Å²) in [6.07, 6.45) is 8.71. The molecule has 26 heavy (non-hydrogen) atoms. The number of aromatic nitrogens is 2. The Morgan fingerprint density at radius 2 is 2.04 bits per heavy atom. The summed E-state index contributed by atoms with van der Waals surface area (Å²) in [4.78, 5) is 10.6. The van der Waals surface area contributed by atoms with Gasteiger partial charge in [-0.2, -0.15) is 0 Å². The summed E-state index contributed by atoms with van der Waals surface area (Å²) in [5.74, 6) is 0.605. The van der Waals surface area contributed by atoms with E-state index >= 15 is 0 Å². The maximum Gasteiger partial charge on any atom is 0.103 e. The third-order valence-corrected chi connectivity index (χ3v) is 6.98. The molecule has 2 aromatic heterocycles. The van der Waals surface area contributed by atoms with Gasteiger partial charge in [0.25, 0.3) is 0 Å². The van der Waals surface area contributed by atoms with E-state index in [0.29, 0.717) is 5.92 Å². The van der Waals surface area contributed by atoms with Gasteiger partial charge in [-0.15, -0.1) is 0 Å². The van der Waals surface area contributed by atoms with Gasteiger partial charge in [-0.25, -0.2) is 4.98 Å². The molecule has 0 aliphatic carbocycles. The Morgan fingerprint density at radius 1 is 1.27 bits per heavy atom. The molecule has 0 atom stereocenters. The van der Waals surface area contributed by atoms with E-state index in [1.807, 2.05) is 12.3 Å². The van der Waals surface area contributed by atoms with Gasteiger partial charge in [-0.05, 0) is 55.5 Å². The zero-order valence-electron chi connectivity index (χ0n) is 15.9. The summed E-state index contributed by atoms with van der Waals surface area (Å²) < 4.78 is 17.8. The van der Waals surface area contributed by atoms with E-state index in [-0.39, 0.29) is 0 Å². The van der Waals surface area contributed by atoms with Gasteiger partial charge < -0.3 is 14.6 Å². The minimum atomic E-state index is -2.32. The Labute approximate surface area is 156 Å². The lowest BCUT2D eigenvalue weighted by atomic mass is 9.96. The van der Waals surface area contributed by atoms with Gasteiger partial charge in [0.15, 0.2) is 0 Å². The van der Waals surface area contributed by atoms with Crippen LogP contribution in [0.15, 0.2) is 23.4 Å². The molecule has 0 spiro atoms. The molecule has 0 bridgehead atoms. The average molecular weight is 376 g/mol. The van der Waals surface area contributed by atoms with Crippen molar-refractivity contribution in [1.82, 2.24) is 9.97 Å². The summed E-state index contributed by atoms with van der Waals surface area (Å²) >= 11 is 0. The van der Waals surface area contributed by atoms with Crippen LogP contribution < -0.4 is 4.90 Å². The molecule has 4 heterocycles. The first-order valence-corrected chi connectivity index (χ1v) is 12.1. The molecule has 2 aromatic rings. The van der Waals surface area contributed by atoms with Crippen LogP contribution >= 0.6 is 0 Å². The van der Waals surface area contributed by atoms with Crippen molar-refractivity contribution in [1.29, 1.82) is 0 Å². The highest BCUT2D eigenvalue weighted by molar-refractivity contribution is 8.01. The van der Waals surface area contributed by atoms with Crippen LogP contribution in [0.1, 0.15) is 41.3 Å². The first-order chi connectivity index (χ1) is 12.4. The Balaban J connectivity index is 1.55. The van der Waals surface area contributed by atoms with E-state index in [4.69, 9.17) is 4.74 Å². The quantitative estimate of drug-likeness (QED) is 0.810. The van der Waals surface area contributed by atoms with Crippen molar-refractivity contribution in [3.63, 3.8) is 0 Å². The lowest BCUT2D eigenvalue weighted by Crippen LogP contribution is -2.30. The zero-order chi connectivity index (χ0) is 18.3. The highest BCUT2D eigenvalue weighted by Gasteiger charge is 2.24. The smallest absolute Gasteiger partial charge is 0.103 e. The van der Waals surface area contributed by atoms with Crippen LogP contribution in [0.3, 0.4) is 0 Å². The van der Waals surface area contributed by atoms with Crippen LogP contribution in [0.4, 0.5) is 5.69 Å². The van der Waals surface area contributed by atoms with Gasteiger partial charge >= 0.3 is 0 Å². The Bertz CT molecular complexity index is 849. The van der Waals surface area contributed by atoms with Crippen molar-refractivity contribution in [3.8, 4) is 0 Å². The fourth-order valence-corrected chi connectivity index (χ4v) is 4.89. The molecule has 0 aromatic carbocycles. The van der Waals surface area contributed by atoms with Gasteiger partial charge in [0.05, 0.1) is 11.9 Å². The third kappa shape index (κ3) is 3.45. The van der Waals surface area contributed by atoms with Crippen molar-refractivity contribution >= 4 is 15.6 Å². The molecule has 1 N–H and O–H groups in total. The highest BCUT2D eigenvalue weighted by atomic mass is 32.2. The van der Waals surface area contributed by atoms with Crippen LogP contribution in [0.5, 0.6) is 0 Å². The summed E-state index contributed by atoms with van der Waals surface area (Å²) in [6, 6.07) is 4.36. The van der Waals surface area contributed by atoms with Gasteiger partial charge in [0.2, 0.25) is 0 Å². The largest absolute Gasteiger partial charge is 0.381 e. The second kappa shape index (κ2) is 6.82. The average Bonchev–Trinajstić information content (AvgIpc) is 3.05. The van der Waals surface area contributed by atoms with E-state index in [2.05, 4.69) is 27.9 Å². The molecule has 1 saturated heterocycles. The predicted molar refractivity (Wildman–Crippen MR) is 107 cm³/mol. The molecular weight excluding hydrogens is 346 g/mol. The summed E-state index contributed by atoms with van der Waals surface area (Å²) in [6.45, 7) is 5.73. The number of nitrogens with one attached hydrogen (secondary N) is 1. The molecule has 0 unspecified atom stereocenters. The number of thiol groups is 1. The summed E-state index contributed by atoms with van der Waals surface area (Å²) in [7, 11) is -2.32. The van der Waals surface area contributed by atoms with Gasteiger partial charge in [-0.1, -0.05) is 9.93 Å². The minimum Gasteiger partial charge on any atom is -0.381 e. The molecule has 0 radical (unpaired) electrons. The van der Waals surface area contributed by atoms with E-state index in [1.165, 1.54) is 17.0 Å². The lowest BCUT2D eigenvalue weighted by Gasteiger charge is -2.30. The van der Waals surface area contributed by atoms with Crippen LogP contribution in [0.2, 0.25) is 0 Å². The summed E-state index contributed by atoms with van der Waals surface area (Å²) in [5, 5.41) is 0.722. The second-order valence-electron chi connectivity index (χ2n) is 7.97. The number of aryl methyl sites for hydroxylation is 1. The summed E-state index contributed by atoms with van der Waals surface area (Å²) in [5.41, 5.74) is 6.47. The van der Waals surface area contributed by atoms with E-state index in [9.17, 15) is 4.21 Å². The number of H-pyrrole nitrogens is 1. The lowest BCUT2D eigenvalue weighted by molar-refractivity contribution is 0.0846. The molecule has 0 saturated carbocycles. The molecule has 5 nitrogen and oxygen atoms in total. The zero-order valence-corrected chi connectivity index (χ0v) is 16.8. The Hall–Kier alpha value is -1.66. The Morgan fingerprint density at radius 3 is 2.73 bits per heavy atom. The predicted octanol–water partition coefficient (Wildman–Crippen LogP) is 2.81. The van der Waals surface area contributed by atoms with Crippen LogP contribution in [-0.4, -0.2) is 46.4 Å². The molecule has 2 aliphatic heterocycles. The maximum absolute atomic E-state index is 12.3. The molecule has 2 aliphatic rings. The number of aromatic amines is 1. The van der Waals surface area contributed by atoms with Gasteiger partial charge in [-0.3, -0.25) is 4.21 Å². The molecular formula is C20H29N3O2S. The SMILES string of the molecule is Cc1cc([SH](C)(C)=O)ncc1N1CCc2[nH]c(C3CCOCC3)cc2C1. The van der Waals surface area contributed by atoms with E-state index in [0.717, 1.165) is 61.8 Å². The van der Waals surface area contributed by atoms with Crippen molar-refractivity contribution in [2.24, 2.45) is 0 Å². The molecule has 6 heteroatoms. The number of ether oxygens (including phenoxy) is 1.